The number of hydrogen-bond acceptors (Lipinski definition) is 5. The van der Waals surface area contributed by atoms with Crippen LogP contribution in [0.3, 0.4) is 0 Å². The minimum absolute atomic E-state index is 0.0171. The second-order valence-electron chi connectivity index (χ2n) is 9.24. The number of halogens is 7. The predicted octanol–water partition coefficient (Wildman–Crippen LogP) is 3.39. The molecule has 1 aliphatic carbocycles. The van der Waals surface area contributed by atoms with E-state index in [1.165, 1.54) is 0 Å². The smallest absolute Gasteiger partial charge is 0.382 e. The molecule has 2 aliphatic rings. The number of aromatic nitrogens is 3. The Kier molecular flexibility index (Phi) is 5.98. The molecule has 1 aliphatic heterocycles. The van der Waals surface area contributed by atoms with Crippen LogP contribution in [0.4, 0.5) is 36.6 Å². The van der Waals surface area contributed by atoms with Crippen molar-refractivity contribution in [3.8, 4) is 11.3 Å². The number of rotatable bonds is 5. The van der Waals surface area contributed by atoms with Gasteiger partial charge in [0.25, 0.3) is 11.8 Å². The molecule has 15 heteroatoms. The number of nitrogen functional groups attached to an aromatic ring is 1. The maximum atomic E-state index is 14.9. The van der Waals surface area contributed by atoms with E-state index in [4.69, 9.17) is 5.73 Å². The topological polar surface area (TPSA) is 106 Å². The Bertz CT molecular complexity index is 1450. The number of hydrogen-bond donors (Lipinski definition) is 2. The van der Waals surface area contributed by atoms with E-state index in [0.29, 0.717) is 6.07 Å². The number of nitrogens with zero attached hydrogens (tertiary/aromatic N) is 4. The van der Waals surface area contributed by atoms with Gasteiger partial charge in [0.1, 0.15) is 30.5 Å². The van der Waals surface area contributed by atoms with E-state index in [1.807, 2.05) is 0 Å². The summed E-state index contributed by atoms with van der Waals surface area (Å²) >= 11 is 0. The molecular formula is C23H19F7N6O2. The Hall–Kier alpha value is -3.91. The summed E-state index contributed by atoms with van der Waals surface area (Å²) in [7, 11) is 0. The Morgan fingerprint density at radius 2 is 1.89 bits per heavy atom. The molecule has 0 spiro atoms. The Labute approximate surface area is 209 Å². The third kappa shape index (κ3) is 4.28. The molecule has 38 heavy (non-hydrogen) atoms. The van der Waals surface area contributed by atoms with Crippen molar-refractivity contribution < 1.29 is 40.3 Å². The molecule has 5 rings (SSSR count). The summed E-state index contributed by atoms with van der Waals surface area (Å²) in [5.41, 5.74) is -0.153. The van der Waals surface area contributed by atoms with Crippen molar-refractivity contribution in [2.24, 2.45) is 0 Å². The van der Waals surface area contributed by atoms with Crippen LogP contribution in [-0.2, 0) is 17.6 Å². The molecule has 2 fully saturated rings. The second kappa shape index (κ2) is 8.84. The summed E-state index contributed by atoms with van der Waals surface area (Å²) in [6.07, 6.45) is -5.76. The standard InChI is InChI=1S/C23H19F7N6O2/c24-6-12-11(20(37)34-16-8-35(7-15(16)26)21(38)22(27)1-2-22)3-10(4-14(12)25)17-5-13(23(28,29)30)18-19(31)32-9-33-36(17)18/h3-5,9,15-16H,1-2,6-8H2,(H,34,37)(H2,31,32,33)/t15-,16+/m0/s1. The molecular weight excluding hydrogens is 525 g/mol. The van der Waals surface area contributed by atoms with Crippen molar-refractivity contribution in [3.63, 3.8) is 0 Å². The number of nitrogens with one attached hydrogen (secondary N) is 1. The van der Waals surface area contributed by atoms with Gasteiger partial charge in [0.15, 0.2) is 11.5 Å². The summed E-state index contributed by atoms with van der Waals surface area (Å²) in [6.45, 7) is -2.29. The zero-order valence-electron chi connectivity index (χ0n) is 19.3. The third-order valence-corrected chi connectivity index (χ3v) is 6.68. The van der Waals surface area contributed by atoms with Crippen LogP contribution in [0.5, 0.6) is 0 Å². The summed E-state index contributed by atoms with van der Waals surface area (Å²) in [5.74, 6) is -3.77. The molecule has 2 atom stereocenters. The van der Waals surface area contributed by atoms with Crippen LogP contribution in [0, 0.1) is 5.82 Å². The average molecular weight is 544 g/mol. The van der Waals surface area contributed by atoms with Crippen LogP contribution in [0.25, 0.3) is 16.8 Å². The summed E-state index contributed by atoms with van der Waals surface area (Å²) in [4.78, 5) is 29.7. The number of likely N-dealkylation sites (tertiary alicyclic amines) is 1. The third-order valence-electron chi connectivity index (χ3n) is 6.68. The Morgan fingerprint density at radius 3 is 2.53 bits per heavy atom. The van der Waals surface area contributed by atoms with E-state index >= 15 is 0 Å². The highest BCUT2D eigenvalue weighted by Crippen LogP contribution is 2.42. The number of amides is 2. The van der Waals surface area contributed by atoms with Gasteiger partial charge >= 0.3 is 6.18 Å². The number of alkyl halides is 6. The van der Waals surface area contributed by atoms with Gasteiger partial charge in [-0.3, -0.25) is 9.59 Å². The first kappa shape index (κ1) is 25.7. The molecule has 8 nitrogen and oxygen atoms in total. The lowest BCUT2D eigenvalue weighted by atomic mass is 10.0. The molecule has 2 aromatic heterocycles. The van der Waals surface area contributed by atoms with Gasteiger partial charge in [0.05, 0.1) is 23.8 Å². The zero-order chi connectivity index (χ0) is 27.6. The van der Waals surface area contributed by atoms with Crippen LogP contribution < -0.4 is 11.1 Å². The first-order chi connectivity index (χ1) is 17.8. The summed E-state index contributed by atoms with van der Waals surface area (Å²) in [6, 6.07) is 1.01. The maximum absolute atomic E-state index is 14.9. The molecule has 1 saturated carbocycles. The van der Waals surface area contributed by atoms with E-state index in [0.717, 1.165) is 27.9 Å². The molecule has 3 N–H and O–H groups in total. The minimum atomic E-state index is -4.89. The van der Waals surface area contributed by atoms with Gasteiger partial charge in [0.2, 0.25) is 0 Å². The zero-order valence-corrected chi connectivity index (χ0v) is 19.3. The average Bonchev–Trinajstić information content (AvgIpc) is 3.30. The van der Waals surface area contributed by atoms with Crippen LogP contribution in [-0.4, -0.2) is 62.3 Å². The van der Waals surface area contributed by atoms with E-state index in [2.05, 4.69) is 15.4 Å². The van der Waals surface area contributed by atoms with E-state index in [-0.39, 0.29) is 30.6 Å². The number of nitrogens with two attached hydrogens (primary N) is 1. The maximum Gasteiger partial charge on any atom is 0.418 e. The highest BCUT2D eigenvalue weighted by molar-refractivity contribution is 5.97. The fraction of sp³-hybridized carbons (Fsp3) is 0.391. The number of carbonyl (C=O) groups is 2. The van der Waals surface area contributed by atoms with E-state index < -0.39 is 82.9 Å². The van der Waals surface area contributed by atoms with Gasteiger partial charge in [-0.15, -0.1) is 0 Å². The highest BCUT2D eigenvalue weighted by Gasteiger charge is 2.54. The molecule has 1 aromatic carbocycles. The molecule has 202 valence electrons. The van der Waals surface area contributed by atoms with Crippen molar-refractivity contribution in [1.29, 1.82) is 0 Å². The molecule has 2 amide bonds. The first-order valence-electron chi connectivity index (χ1n) is 11.4. The molecule has 3 heterocycles. The number of carbonyl (C=O) groups excluding carboxylic acids is 2. The van der Waals surface area contributed by atoms with E-state index in [9.17, 15) is 40.3 Å². The normalized spacial score (nSPS) is 20.7. The van der Waals surface area contributed by atoms with Crippen molar-refractivity contribution in [3.05, 3.63) is 47.0 Å². The van der Waals surface area contributed by atoms with Crippen LogP contribution in [0.1, 0.15) is 34.3 Å². The summed E-state index contributed by atoms with van der Waals surface area (Å²) in [5, 5.41) is 6.01. The van der Waals surface area contributed by atoms with Crippen molar-refractivity contribution in [2.45, 2.75) is 43.6 Å². The lowest BCUT2D eigenvalue weighted by Gasteiger charge is -2.19. The predicted molar refractivity (Wildman–Crippen MR) is 118 cm³/mol. The fourth-order valence-corrected chi connectivity index (χ4v) is 4.53. The first-order valence-corrected chi connectivity index (χ1v) is 11.4. The molecule has 0 bridgehead atoms. The lowest BCUT2D eigenvalue weighted by Crippen LogP contribution is -2.43. The van der Waals surface area contributed by atoms with Gasteiger partial charge in [-0.1, -0.05) is 0 Å². The Morgan fingerprint density at radius 1 is 1.18 bits per heavy atom. The van der Waals surface area contributed by atoms with Gasteiger partial charge < -0.3 is 16.0 Å². The SMILES string of the molecule is Nc1ncnn2c(-c3cc(F)c(CF)c(C(=O)N[C@@H]4CN(C(=O)C5(F)CC5)C[C@@H]4F)c3)cc(C(F)(F)F)c12. The monoisotopic (exact) mass is 544 g/mol. The summed E-state index contributed by atoms with van der Waals surface area (Å²) < 4.78 is 99.1. The molecule has 0 radical (unpaired) electrons. The van der Waals surface area contributed by atoms with Crippen molar-refractivity contribution >= 4 is 23.1 Å². The minimum Gasteiger partial charge on any atom is -0.382 e. The second-order valence-corrected chi connectivity index (χ2v) is 9.24. The van der Waals surface area contributed by atoms with Gasteiger partial charge in [-0.2, -0.15) is 18.3 Å². The van der Waals surface area contributed by atoms with Gasteiger partial charge in [-0.05, 0) is 31.0 Å². The fourth-order valence-electron chi connectivity index (χ4n) is 4.53. The van der Waals surface area contributed by atoms with Gasteiger partial charge in [-0.25, -0.2) is 27.1 Å². The molecule has 0 unspecified atom stereocenters. The number of anilines is 1. The largest absolute Gasteiger partial charge is 0.418 e. The van der Waals surface area contributed by atoms with Crippen LogP contribution in [0.2, 0.25) is 0 Å². The number of benzene rings is 1. The highest BCUT2D eigenvalue weighted by atomic mass is 19.4. The van der Waals surface area contributed by atoms with Crippen LogP contribution >= 0.6 is 0 Å². The quantitative estimate of drug-likeness (QED) is 0.480. The van der Waals surface area contributed by atoms with E-state index in [1.54, 1.807) is 0 Å². The molecule has 1 saturated heterocycles. The Balaban J connectivity index is 1.50. The number of fused-ring (bicyclic) bond motifs is 1. The lowest BCUT2D eigenvalue weighted by molar-refractivity contribution is -0.137. The van der Waals surface area contributed by atoms with Gasteiger partial charge in [0, 0.05) is 23.2 Å². The van der Waals surface area contributed by atoms with Crippen LogP contribution in [0.15, 0.2) is 24.5 Å². The molecule has 3 aromatic rings. The van der Waals surface area contributed by atoms with Crippen molar-refractivity contribution in [1.82, 2.24) is 24.8 Å². The van der Waals surface area contributed by atoms with Crippen molar-refractivity contribution in [2.75, 3.05) is 18.8 Å².